The van der Waals surface area contributed by atoms with Crippen LogP contribution in [0.4, 0.5) is 0 Å². The lowest BCUT2D eigenvalue weighted by atomic mass is 10.1. The van der Waals surface area contributed by atoms with Crippen molar-refractivity contribution in [2.75, 3.05) is 27.2 Å². The summed E-state index contributed by atoms with van der Waals surface area (Å²) in [5, 5.41) is 0.880. The molecular formula is C22H28ClN3O2. The molecule has 0 N–H and O–H groups in total. The molecule has 0 saturated carbocycles. The Morgan fingerprint density at radius 2 is 1.86 bits per heavy atom. The quantitative estimate of drug-likeness (QED) is 0.570. The van der Waals surface area contributed by atoms with Gasteiger partial charge in [-0.05, 0) is 51.2 Å². The summed E-state index contributed by atoms with van der Waals surface area (Å²) < 4.78 is 7.84. The first-order valence-electron chi connectivity index (χ1n) is 9.49. The van der Waals surface area contributed by atoms with E-state index in [1.54, 1.807) is 10.8 Å². The summed E-state index contributed by atoms with van der Waals surface area (Å²) in [7, 11) is 4.02. The number of likely N-dealkylation sites (N-methyl/N-ethyl adjacent to an activating group) is 1. The van der Waals surface area contributed by atoms with Gasteiger partial charge < -0.3 is 9.64 Å². The third-order valence-electron chi connectivity index (χ3n) is 4.56. The van der Waals surface area contributed by atoms with Crippen molar-refractivity contribution in [1.82, 2.24) is 14.5 Å². The normalized spacial score (nSPS) is 10.9. The van der Waals surface area contributed by atoms with Gasteiger partial charge in [-0.2, -0.15) is 0 Å². The zero-order chi connectivity index (χ0) is 19.2. The highest BCUT2D eigenvalue weighted by atomic mass is 35.5. The molecule has 0 bridgehead atoms. The number of rotatable bonds is 8. The minimum Gasteiger partial charge on any atom is -0.491 e. The van der Waals surface area contributed by atoms with Gasteiger partial charge in [0.05, 0.1) is 16.6 Å². The number of halogens is 1. The van der Waals surface area contributed by atoms with E-state index in [-0.39, 0.29) is 18.0 Å². The number of unbranched alkanes of at least 4 members (excludes halogenated alkanes) is 1. The van der Waals surface area contributed by atoms with Crippen LogP contribution in [-0.2, 0) is 6.42 Å². The second-order valence-corrected chi connectivity index (χ2v) is 6.91. The number of fused-ring (bicyclic) bond motifs is 1. The fourth-order valence-corrected chi connectivity index (χ4v) is 3.13. The molecule has 2 aromatic heterocycles. The molecule has 0 unspecified atom stereocenters. The largest absolute Gasteiger partial charge is 0.491 e. The van der Waals surface area contributed by atoms with Gasteiger partial charge in [0.2, 0.25) is 0 Å². The lowest BCUT2D eigenvalue weighted by molar-refractivity contribution is 0.261. The molecule has 5 nitrogen and oxygen atoms in total. The molecule has 0 amide bonds. The molecule has 0 saturated heterocycles. The first-order valence-corrected chi connectivity index (χ1v) is 9.49. The summed E-state index contributed by atoms with van der Waals surface area (Å²) in [4.78, 5) is 20.0. The van der Waals surface area contributed by atoms with Crippen LogP contribution in [0.5, 0.6) is 5.75 Å². The zero-order valence-corrected chi connectivity index (χ0v) is 17.5. The number of para-hydroxylation sites is 1. The van der Waals surface area contributed by atoms with Crippen molar-refractivity contribution in [3.8, 4) is 11.4 Å². The van der Waals surface area contributed by atoms with Gasteiger partial charge in [-0.1, -0.05) is 31.5 Å². The molecule has 0 aliphatic carbocycles. The van der Waals surface area contributed by atoms with Crippen LogP contribution in [0.1, 0.15) is 25.3 Å². The number of hydrogen-bond acceptors (Lipinski definition) is 4. The zero-order valence-electron chi connectivity index (χ0n) is 16.7. The topological polar surface area (TPSA) is 47.4 Å². The first kappa shape index (κ1) is 21.9. The van der Waals surface area contributed by atoms with Gasteiger partial charge >= 0.3 is 0 Å². The Labute approximate surface area is 172 Å². The number of hydrogen-bond donors (Lipinski definition) is 0. The Bertz CT molecular complexity index is 955. The molecule has 0 atom stereocenters. The molecule has 150 valence electrons. The van der Waals surface area contributed by atoms with Crippen LogP contribution >= 0.6 is 12.4 Å². The Morgan fingerprint density at radius 3 is 2.54 bits per heavy atom. The van der Waals surface area contributed by atoms with Crippen molar-refractivity contribution >= 4 is 23.4 Å². The Balaban J connectivity index is 0.00000280. The number of pyridine rings is 2. The van der Waals surface area contributed by atoms with Crippen molar-refractivity contribution in [3.63, 3.8) is 0 Å². The van der Waals surface area contributed by atoms with Crippen LogP contribution in [0.2, 0.25) is 0 Å². The predicted molar refractivity (Wildman–Crippen MR) is 117 cm³/mol. The van der Waals surface area contributed by atoms with Gasteiger partial charge in [-0.25, -0.2) is 4.98 Å². The minimum atomic E-state index is -0.0410. The fraction of sp³-hybridized carbons (Fsp3) is 0.364. The maximum Gasteiger partial charge on any atom is 0.263 e. The average Bonchev–Trinajstić information content (AvgIpc) is 2.68. The van der Waals surface area contributed by atoms with Crippen LogP contribution in [-0.4, -0.2) is 41.7 Å². The van der Waals surface area contributed by atoms with Crippen molar-refractivity contribution < 1.29 is 4.74 Å². The second-order valence-electron chi connectivity index (χ2n) is 6.91. The molecule has 6 heteroatoms. The molecule has 3 rings (SSSR count). The van der Waals surface area contributed by atoms with Gasteiger partial charge in [0.1, 0.15) is 12.4 Å². The smallest absolute Gasteiger partial charge is 0.263 e. The van der Waals surface area contributed by atoms with Crippen molar-refractivity contribution in [2.45, 2.75) is 26.2 Å². The van der Waals surface area contributed by atoms with Gasteiger partial charge in [-0.3, -0.25) is 9.36 Å². The van der Waals surface area contributed by atoms with E-state index >= 15 is 0 Å². The molecule has 0 spiro atoms. The summed E-state index contributed by atoms with van der Waals surface area (Å²) in [6, 6.07) is 13.6. The van der Waals surface area contributed by atoms with E-state index in [0.717, 1.165) is 36.0 Å². The van der Waals surface area contributed by atoms with E-state index < -0.39 is 0 Å². The lowest BCUT2D eigenvalue weighted by Crippen LogP contribution is -2.26. The number of aromatic nitrogens is 2. The van der Waals surface area contributed by atoms with E-state index in [2.05, 4.69) is 16.8 Å². The van der Waals surface area contributed by atoms with Crippen LogP contribution in [0.3, 0.4) is 0 Å². The number of ether oxygens (including phenoxy) is 1. The molecular weight excluding hydrogens is 374 g/mol. The molecule has 0 radical (unpaired) electrons. The van der Waals surface area contributed by atoms with Crippen LogP contribution in [0.25, 0.3) is 16.7 Å². The average molecular weight is 402 g/mol. The highest BCUT2D eigenvalue weighted by Crippen LogP contribution is 2.29. The molecule has 2 heterocycles. The van der Waals surface area contributed by atoms with Gasteiger partial charge in [-0.15, -0.1) is 12.4 Å². The van der Waals surface area contributed by atoms with Crippen LogP contribution in [0, 0.1) is 0 Å². The summed E-state index contributed by atoms with van der Waals surface area (Å²) in [5.41, 5.74) is 2.15. The van der Waals surface area contributed by atoms with Crippen molar-refractivity contribution in [1.29, 1.82) is 0 Å². The summed E-state index contributed by atoms with van der Waals surface area (Å²) >= 11 is 0. The highest BCUT2D eigenvalue weighted by Gasteiger charge is 2.19. The van der Waals surface area contributed by atoms with E-state index in [9.17, 15) is 4.79 Å². The number of benzene rings is 1. The second kappa shape index (κ2) is 10.2. The molecule has 0 aliphatic rings. The van der Waals surface area contributed by atoms with E-state index in [1.807, 2.05) is 56.6 Å². The minimum absolute atomic E-state index is 0. The standard InChI is InChI=1S/C22H27N3O2.ClH/c1-4-5-12-19-20(27-16-15-24(2)3)18-13-9-14-23-21(18)25(22(19)26)17-10-7-6-8-11-17;/h6-11,13-14H,4-5,12,15-16H2,1-3H3;1H. The van der Waals surface area contributed by atoms with Gasteiger partial charge in [0.15, 0.2) is 5.65 Å². The Hall–Kier alpha value is -2.37. The first-order chi connectivity index (χ1) is 13.1. The molecule has 0 fully saturated rings. The molecule has 1 aromatic carbocycles. The van der Waals surface area contributed by atoms with Crippen molar-refractivity contribution in [3.05, 3.63) is 64.6 Å². The van der Waals surface area contributed by atoms with Crippen LogP contribution in [0.15, 0.2) is 53.5 Å². The van der Waals surface area contributed by atoms with Crippen molar-refractivity contribution in [2.24, 2.45) is 0 Å². The Kier molecular flexibility index (Phi) is 8.03. The molecule has 0 aliphatic heterocycles. The summed E-state index contributed by atoms with van der Waals surface area (Å²) in [6.45, 7) is 3.45. The van der Waals surface area contributed by atoms with E-state index in [4.69, 9.17) is 4.74 Å². The monoisotopic (exact) mass is 401 g/mol. The highest BCUT2D eigenvalue weighted by molar-refractivity contribution is 5.85. The predicted octanol–water partition coefficient (Wildman–Crippen LogP) is 4.09. The molecule has 3 aromatic rings. The molecule has 28 heavy (non-hydrogen) atoms. The third-order valence-corrected chi connectivity index (χ3v) is 4.56. The summed E-state index contributed by atoms with van der Waals surface area (Å²) in [5.74, 6) is 0.686. The SMILES string of the molecule is CCCCc1c(OCCN(C)C)c2cccnc2n(-c2ccccc2)c1=O.Cl. The van der Waals surface area contributed by atoms with E-state index in [1.165, 1.54) is 0 Å². The number of nitrogens with zero attached hydrogens (tertiary/aromatic N) is 3. The maximum atomic E-state index is 13.4. The fourth-order valence-electron chi connectivity index (χ4n) is 3.13. The lowest BCUT2D eigenvalue weighted by Gasteiger charge is -2.18. The van der Waals surface area contributed by atoms with Gasteiger partial charge in [0, 0.05) is 12.7 Å². The third kappa shape index (κ3) is 4.72. The van der Waals surface area contributed by atoms with E-state index in [0.29, 0.717) is 24.4 Å². The maximum absolute atomic E-state index is 13.4. The van der Waals surface area contributed by atoms with Crippen LogP contribution < -0.4 is 10.3 Å². The summed E-state index contributed by atoms with van der Waals surface area (Å²) in [6.07, 6.45) is 4.38. The van der Waals surface area contributed by atoms with Gasteiger partial charge in [0.25, 0.3) is 5.56 Å². The Morgan fingerprint density at radius 1 is 1.11 bits per heavy atom.